The van der Waals surface area contributed by atoms with Crippen LogP contribution in [-0.2, 0) is 9.47 Å². The molecule has 2 atom stereocenters. The summed E-state index contributed by atoms with van der Waals surface area (Å²) in [5.74, 6) is 0.371. The van der Waals surface area contributed by atoms with Crippen molar-refractivity contribution >= 4 is 18.0 Å². The Morgan fingerprint density at radius 1 is 0.955 bits per heavy atom. The Labute approximate surface area is 260 Å². The van der Waals surface area contributed by atoms with Gasteiger partial charge in [-0.25, -0.2) is 0 Å². The summed E-state index contributed by atoms with van der Waals surface area (Å²) in [6.45, 7) is 8.99. The van der Waals surface area contributed by atoms with E-state index in [1.807, 2.05) is 42.7 Å². The zero-order valence-electron chi connectivity index (χ0n) is 25.2. The standard InChI is InChI=1S/C38H38N4O2/c1-5-30-31(6-2)35(29-20-21-32(42-25-29)38(40-3)43-4)37(27-16-11-8-12-17-27)36(26-14-9-7-10-15-26)34(30)28(24-39)18-13-19-33-41-22-23-44-33/h5-18,20-23,25,28,33,41H,1-2,19,24,39H2,3-4H3/b18-13-,40-38?. The third kappa shape index (κ3) is 6.12. The Balaban J connectivity index is 1.85. The fourth-order valence-corrected chi connectivity index (χ4v) is 5.81. The largest absolute Gasteiger partial charge is 0.480 e. The van der Waals surface area contributed by atoms with Crippen LogP contribution in [0.1, 0.15) is 34.7 Å². The molecule has 0 bridgehead atoms. The topological polar surface area (TPSA) is 81.8 Å². The van der Waals surface area contributed by atoms with Gasteiger partial charge in [0.15, 0.2) is 6.23 Å². The number of hydrogen-bond donors (Lipinski definition) is 2. The summed E-state index contributed by atoms with van der Waals surface area (Å²) < 4.78 is 11.0. The van der Waals surface area contributed by atoms with Gasteiger partial charge in [-0.05, 0) is 50.6 Å². The van der Waals surface area contributed by atoms with Crippen LogP contribution in [0.2, 0.25) is 0 Å². The lowest BCUT2D eigenvalue weighted by atomic mass is 9.75. The Bertz CT molecular complexity index is 1680. The molecule has 0 saturated carbocycles. The van der Waals surface area contributed by atoms with Gasteiger partial charge < -0.3 is 20.5 Å². The lowest BCUT2D eigenvalue weighted by molar-refractivity contribution is 0.155. The Morgan fingerprint density at radius 2 is 1.64 bits per heavy atom. The van der Waals surface area contributed by atoms with Crippen molar-refractivity contribution in [1.82, 2.24) is 10.3 Å². The Hall–Kier alpha value is -5.20. The summed E-state index contributed by atoms with van der Waals surface area (Å²) in [5.41, 5.74) is 16.6. The van der Waals surface area contributed by atoms with Gasteiger partial charge in [0.1, 0.15) is 12.0 Å². The molecule has 3 N–H and O–H groups in total. The van der Waals surface area contributed by atoms with Crippen LogP contribution >= 0.6 is 0 Å². The van der Waals surface area contributed by atoms with Crippen LogP contribution in [0.15, 0.2) is 122 Å². The molecule has 0 saturated heterocycles. The van der Waals surface area contributed by atoms with Gasteiger partial charge in [0.05, 0.1) is 7.11 Å². The number of nitrogens with zero attached hydrogens (tertiary/aromatic N) is 2. The van der Waals surface area contributed by atoms with E-state index in [0.717, 1.165) is 50.1 Å². The zero-order valence-corrected chi connectivity index (χ0v) is 25.2. The van der Waals surface area contributed by atoms with E-state index >= 15 is 0 Å². The molecule has 5 rings (SSSR count). The van der Waals surface area contributed by atoms with Gasteiger partial charge >= 0.3 is 0 Å². The number of benzene rings is 3. The van der Waals surface area contributed by atoms with Crippen molar-refractivity contribution in [3.8, 4) is 33.4 Å². The van der Waals surface area contributed by atoms with Crippen molar-refractivity contribution in [3.05, 3.63) is 139 Å². The molecule has 44 heavy (non-hydrogen) atoms. The molecule has 6 nitrogen and oxygen atoms in total. The van der Waals surface area contributed by atoms with Gasteiger partial charge in [0.25, 0.3) is 0 Å². The lowest BCUT2D eigenvalue weighted by Crippen LogP contribution is -2.20. The number of ether oxygens (including phenoxy) is 2. The molecule has 222 valence electrons. The van der Waals surface area contributed by atoms with Gasteiger partial charge in [-0.2, -0.15) is 0 Å². The molecule has 1 aliphatic heterocycles. The van der Waals surface area contributed by atoms with Crippen LogP contribution < -0.4 is 11.1 Å². The van der Waals surface area contributed by atoms with E-state index in [9.17, 15) is 0 Å². The summed E-state index contributed by atoms with van der Waals surface area (Å²) in [6.07, 6.45) is 14.1. The fourth-order valence-electron chi connectivity index (χ4n) is 5.81. The predicted octanol–water partition coefficient (Wildman–Crippen LogP) is 7.80. The summed E-state index contributed by atoms with van der Waals surface area (Å²) in [7, 11) is 3.29. The minimum Gasteiger partial charge on any atom is -0.480 e. The third-order valence-corrected chi connectivity index (χ3v) is 7.76. The highest BCUT2D eigenvalue weighted by atomic mass is 16.5. The Kier molecular flexibility index (Phi) is 9.85. The van der Waals surface area contributed by atoms with E-state index in [-0.39, 0.29) is 12.1 Å². The molecule has 0 aliphatic carbocycles. The normalized spacial score (nSPS) is 15.1. The summed E-state index contributed by atoms with van der Waals surface area (Å²) in [4.78, 5) is 8.97. The van der Waals surface area contributed by atoms with E-state index in [1.54, 1.807) is 20.4 Å². The molecule has 2 heterocycles. The molecular weight excluding hydrogens is 544 g/mol. The van der Waals surface area contributed by atoms with E-state index in [0.29, 0.717) is 24.6 Å². The maximum atomic E-state index is 6.57. The first-order valence-electron chi connectivity index (χ1n) is 14.6. The number of nitrogens with one attached hydrogen (secondary N) is 1. The second kappa shape index (κ2) is 14.3. The molecule has 1 aliphatic rings. The predicted molar refractivity (Wildman–Crippen MR) is 183 cm³/mol. The minimum absolute atomic E-state index is 0.0880. The fraction of sp³-hybridized carbons (Fsp3) is 0.158. The van der Waals surface area contributed by atoms with Gasteiger partial charge in [0, 0.05) is 43.9 Å². The van der Waals surface area contributed by atoms with E-state index in [2.05, 4.69) is 90.2 Å². The van der Waals surface area contributed by atoms with E-state index in [4.69, 9.17) is 20.2 Å². The van der Waals surface area contributed by atoms with Crippen LogP contribution in [0.5, 0.6) is 0 Å². The number of hydrogen-bond acceptors (Lipinski definition) is 6. The van der Waals surface area contributed by atoms with E-state index in [1.165, 1.54) is 0 Å². The summed E-state index contributed by atoms with van der Waals surface area (Å²) in [6, 6.07) is 24.9. The Morgan fingerprint density at radius 3 is 2.16 bits per heavy atom. The number of aromatic nitrogens is 1. The highest BCUT2D eigenvalue weighted by molar-refractivity contribution is 6.03. The molecule has 2 unspecified atom stereocenters. The van der Waals surface area contributed by atoms with Crippen molar-refractivity contribution in [2.24, 2.45) is 10.7 Å². The van der Waals surface area contributed by atoms with Crippen molar-refractivity contribution in [2.75, 3.05) is 20.7 Å². The van der Waals surface area contributed by atoms with Crippen LogP contribution in [0.3, 0.4) is 0 Å². The van der Waals surface area contributed by atoms with Gasteiger partial charge in [-0.1, -0.05) is 104 Å². The molecule has 0 fully saturated rings. The molecular formula is C38H38N4O2. The highest BCUT2D eigenvalue weighted by Crippen LogP contribution is 2.49. The van der Waals surface area contributed by atoms with Crippen LogP contribution in [0.25, 0.3) is 45.5 Å². The molecule has 4 aromatic rings. The second-order valence-corrected chi connectivity index (χ2v) is 10.3. The van der Waals surface area contributed by atoms with Gasteiger partial charge in [0.2, 0.25) is 5.90 Å². The maximum Gasteiger partial charge on any atom is 0.234 e. The second-order valence-electron chi connectivity index (χ2n) is 10.3. The number of aliphatic imine (C=N–C) groups is 1. The molecule has 6 heteroatoms. The maximum absolute atomic E-state index is 6.57. The lowest BCUT2D eigenvalue weighted by Gasteiger charge is -2.28. The first-order chi connectivity index (χ1) is 21.6. The molecule has 0 radical (unpaired) electrons. The van der Waals surface area contributed by atoms with Crippen molar-refractivity contribution in [1.29, 1.82) is 0 Å². The summed E-state index contributed by atoms with van der Waals surface area (Å²) >= 11 is 0. The minimum atomic E-state index is -0.103. The van der Waals surface area contributed by atoms with Gasteiger partial charge in [-0.3, -0.25) is 9.98 Å². The molecule has 0 amide bonds. The van der Waals surface area contributed by atoms with Crippen LogP contribution in [-0.4, -0.2) is 37.8 Å². The molecule has 0 spiro atoms. The highest BCUT2D eigenvalue weighted by Gasteiger charge is 2.27. The van der Waals surface area contributed by atoms with Crippen LogP contribution in [0, 0.1) is 0 Å². The quantitative estimate of drug-likeness (QED) is 0.107. The van der Waals surface area contributed by atoms with Crippen LogP contribution in [0.4, 0.5) is 0 Å². The monoisotopic (exact) mass is 582 g/mol. The number of pyridine rings is 1. The van der Waals surface area contributed by atoms with Crippen molar-refractivity contribution in [3.63, 3.8) is 0 Å². The third-order valence-electron chi connectivity index (χ3n) is 7.76. The number of rotatable bonds is 11. The summed E-state index contributed by atoms with van der Waals surface area (Å²) in [5, 5.41) is 3.20. The van der Waals surface area contributed by atoms with Crippen molar-refractivity contribution in [2.45, 2.75) is 18.6 Å². The number of nitrogens with two attached hydrogens (primary N) is 1. The van der Waals surface area contributed by atoms with Crippen molar-refractivity contribution < 1.29 is 9.47 Å². The van der Waals surface area contributed by atoms with Gasteiger partial charge in [-0.15, -0.1) is 0 Å². The molecule has 3 aromatic carbocycles. The average Bonchev–Trinajstić information content (AvgIpc) is 3.61. The first-order valence-corrected chi connectivity index (χ1v) is 14.6. The number of methoxy groups -OCH3 is 1. The average molecular weight is 583 g/mol. The zero-order chi connectivity index (χ0) is 30.9. The first kappa shape index (κ1) is 30.3. The SMILES string of the molecule is C=Cc1c(C=C)c(C(/C=C\CC2NC=CO2)CN)c(-c2ccccc2)c(-c2ccccc2)c1-c1ccc(C(=NC)OC)nc1. The molecule has 1 aromatic heterocycles. The van der Waals surface area contributed by atoms with E-state index < -0.39 is 0 Å². The smallest absolute Gasteiger partial charge is 0.234 e.